The number of rotatable bonds is 4. The summed E-state index contributed by atoms with van der Waals surface area (Å²) in [6.07, 6.45) is 2.99. The molecular formula is C22H28N4O4. The van der Waals surface area contributed by atoms with Crippen molar-refractivity contribution < 1.29 is 19.1 Å². The normalized spacial score (nSPS) is 18.1. The van der Waals surface area contributed by atoms with Gasteiger partial charge in [0.2, 0.25) is 5.91 Å². The van der Waals surface area contributed by atoms with E-state index in [1.54, 1.807) is 21.8 Å². The van der Waals surface area contributed by atoms with Crippen molar-refractivity contribution in [3.05, 3.63) is 41.6 Å². The molecule has 1 aromatic carbocycles. The second-order valence-corrected chi connectivity index (χ2v) is 8.36. The van der Waals surface area contributed by atoms with Crippen molar-refractivity contribution in [3.8, 4) is 5.75 Å². The fraction of sp³-hybridized carbons (Fsp3) is 0.500. The number of hydrogen-bond acceptors (Lipinski definition) is 5. The van der Waals surface area contributed by atoms with Crippen LogP contribution in [0.5, 0.6) is 5.75 Å². The van der Waals surface area contributed by atoms with Crippen molar-refractivity contribution in [3.63, 3.8) is 0 Å². The summed E-state index contributed by atoms with van der Waals surface area (Å²) >= 11 is 0. The van der Waals surface area contributed by atoms with Gasteiger partial charge in [-0.3, -0.25) is 9.59 Å². The lowest BCUT2D eigenvalue weighted by Gasteiger charge is -2.38. The van der Waals surface area contributed by atoms with Crippen LogP contribution in [0.25, 0.3) is 0 Å². The molecule has 1 spiro atoms. The van der Waals surface area contributed by atoms with Gasteiger partial charge in [-0.25, -0.2) is 4.68 Å². The maximum atomic E-state index is 13.3. The predicted octanol–water partition coefficient (Wildman–Crippen LogP) is 2.79. The zero-order valence-electron chi connectivity index (χ0n) is 17.7. The molecule has 0 radical (unpaired) electrons. The lowest BCUT2D eigenvalue weighted by atomic mass is 9.93. The van der Waals surface area contributed by atoms with Gasteiger partial charge in [0.25, 0.3) is 5.91 Å². The van der Waals surface area contributed by atoms with Gasteiger partial charge in [0.1, 0.15) is 23.7 Å². The number of anilines is 1. The van der Waals surface area contributed by atoms with Crippen molar-refractivity contribution in [2.24, 2.45) is 0 Å². The fourth-order valence-corrected chi connectivity index (χ4v) is 4.07. The Morgan fingerprint density at radius 3 is 2.77 bits per heavy atom. The molecule has 3 heterocycles. The van der Waals surface area contributed by atoms with E-state index in [-0.39, 0.29) is 24.4 Å². The molecule has 0 bridgehead atoms. The van der Waals surface area contributed by atoms with Crippen LogP contribution in [0.2, 0.25) is 0 Å². The molecule has 1 fully saturated rings. The predicted molar refractivity (Wildman–Crippen MR) is 112 cm³/mol. The molecule has 2 aliphatic heterocycles. The number of carbonyl (C=O) groups excluding carboxylic acids is 2. The molecule has 0 unspecified atom stereocenters. The van der Waals surface area contributed by atoms with E-state index in [1.165, 1.54) is 0 Å². The molecule has 1 saturated heterocycles. The van der Waals surface area contributed by atoms with Gasteiger partial charge < -0.3 is 19.7 Å². The van der Waals surface area contributed by atoms with Gasteiger partial charge in [-0.15, -0.1) is 0 Å². The maximum absolute atomic E-state index is 13.3. The van der Waals surface area contributed by atoms with E-state index >= 15 is 0 Å². The summed E-state index contributed by atoms with van der Waals surface area (Å²) in [5.41, 5.74) is 0.922. The molecule has 1 aromatic heterocycles. The van der Waals surface area contributed by atoms with Gasteiger partial charge in [-0.2, -0.15) is 5.10 Å². The standard InChI is InChI=1S/C22H28N4O4/c1-15(2)26-19(6-9-23-26)24-20(27)13-25-14-22(7-10-29-11-8-22)30-18-5-4-16(3)12-17(18)21(25)28/h4-6,9,12,15H,7-8,10-11,13-14H2,1-3H3,(H,24,27). The molecule has 8 heteroatoms. The summed E-state index contributed by atoms with van der Waals surface area (Å²) in [6.45, 7) is 7.36. The first-order valence-electron chi connectivity index (χ1n) is 10.4. The van der Waals surface area contributed by atoms with Crippen molar-refractivity contribution in [1.82, 2.24) is 14.7 Å². The Hall–Kier alpha value is -2.87. The van der Waals surface area contributed by atoms with Gasteiger partial charge >= 0.3 is 0 Å². The minimum atomic E-state index is -0.547. The first-order chi connectivity index (χ1) is 14.4. The lowest BCUT2D eigenvalue weighted by molar-refractivity contribution is -0.117. The van der Waals surface area contributed by atoms with Crippen LogP contribution in [0.15, 0.2) is 30.5 Å². The molecular weight excluding hydrogens is 384 g/mol. The van der Waals surface area contributed by atoms with Crippen molar-refractivity contribution in [1.29, 1.82) is 0 Å². The minimum Gasteiger partial charge on any atom is -0.484 e. The summed E-state index contributed by atoms with van der Waals surface area (Å²) in [5.74, 6) is 0.743. The largest absolute Gasteiger partial charge is 0.484 e. The fourth-order valence-electron chi connectivity index (χ4n) is 4.07. The highest BCUT2D eigenvalue weighted by Gasteiger charge is 2.42. The average molecular weight is 412 g/mol. The molecule has 0 saturated carbocycles. The first-order valence-corrected chi connectivity index (χ1v) is 10.4. The summed E-state index contributed by atoms with van der Waals surface area (Å²) in [7, 11) is 0. The minimum absolute atomic E-state index is 0.0541. The highest BCUT2D eigenvalue weighted by Crippen LogP contribution is 2.35. The molecule has 160 valence electrons. The number of nitrogens with zero attached hydrogens (tertiary/aromatic N) is 3. The third kappa shape index (κ3) is 4.05. The summed E-state index contributed by atoms with van der Waals surface area (Å²) in [6, 6.07) is 7.49. The SMILES string of the molecule is Cc1ccc2c(c1)C(=O)N(CC(=O)Nc1ccnn1C(C)C)CC1(CCOCC1)O2. The number of hydrogen-bond donors (Lipinski definition) is 1. The highest BCUT2D eigenvalue weighted by molar-refractivity contribution is 6.01. The average Bonchev–Trinajstić information content (AvgIpc) is 3.13. The van der Waals surface area contributed by atoms with Crippen molar-refractivity contribution in [2.45, 2.75) is 45.3 Å². The van der Waals surface area contributed by atoms with E-state index in [1.807, 2.05) is 39.0 Å². The van der Waals surface area contributed by atoms with E-state index in [2.05, 4.69) is 10.4 Å². The second kappa shape index (κ2) is 8.10. The number of benzene rings is 1. The Kier molecular flexibility index (Phi) is 5.51. The molecule has 30 heavy (non-hydrogen) atoms. The van der Waals surface area contributed by atoms with Gasteiger partial charge in [0.05, 0.1) is 31.5 Å². The van der Waals surface area contributed by atoms with Crippen LogP contribution in [-0.2, 0) is 9.53 Å². The van der Waals surface area contributed by atoms with E-state index in [9.17, 15) is 9.59 Å². The van der Waals surface area contributed by atoms with Crippen molar-refractivity contribution >= 4 is 17.6 Å². The Bertz CT molecular complexity index is 946. The number of amides is 2. The van der Waals surface area contributed by atoms with Crippen LogP contribution in [0.1, 0.15) is 48.7 Å². The third-order valence-corrected chi connectivity index (χ3v) is 5.62. The number of fused-ring (bicyclic) bond motifs is 1. The molecule has 2 amide bonds. The van der Waals surface area contributed by atoms with Gasteiger partial charge in [-0.1, -0.05) is 11.6 Å². The Morgan fingerprint density at radius 1 is 1.27 bits per heavy atom. The Morgan fingerprint density at radius 2 is 2.03 bits per heavy atom. The van der Waals surface area contributed by atoms with Crippen molar-refractivity contribution in [2.75, 3.05) is 31.6 Å². The Labute approximate surface area is 176 Å². The molecule has 4 rings (SSSR count). The zero-order valence-corrected chi connectivity index (χ0v) is 17.7. The molecule has 0 aliphatic carbocycles. The molecule has 2 aromatic rings. The van der Waals surface area contributed by atoms with Crippen LogP contribution in [0.4, 0.5) is 5.82 Å². The highest BCUT2D eigenvalue weighted by atomic mass is 16.5. The number of aryl methyl sites for hydroxylation is 1. The molecule has 2 aliphatic rings. The summed E-state index contributed by atoms with van der Waals surface area (Å²) in [5, 5.41) is 7.13. The van der Waals surface area contributed by atoms with Crippen LogP contribution in [-0.4, -0.2) is 58.4 Å². The van der Waals surface area contributed by atoms with Crippen LogP contribution in [0.3, 0.4) is 0 Å². The van der Waals surface area contributed by atoms with E-state index in [0.717, 1.165) is 5.56 Å². The second-order valence-electron chi connectivity index (χ2n) is 8.36. The van der Waals surface area contributed by atoms with Crippen LogP contribution >= 0.6 is 0 Å². The number of aromatic nitrogens is 2. The third-order valence-electron chi connectivity index (χ3n) is 5.62. The van der Waals surface area contributed by atoms with E-state index in [0.29, 0.717) is 49.7 Å². The van der Waals surface area contributed by atoms with E-state index in [4.69, 9.17) is 9.47 Å². The Balaban J connectivity index is 1.59. The van der Waals surface area contributed by atoms with Crippen LogP contribution < -0.4 is 10.1 Å². The number of ether oxygens (including phenoxy) is 2. The zero-order chi connectivity index (χ0) is 21.3. The van der Waals surface area contributed by atoms with Gasteiger partial charge in [-0.05, 0) is 32.9 Å². The lowest BCUT2D eigenvalue weighted by Crippen LogP contribution is -2.52. The van der Waals surface area contributed by atoms with Gasteiger partial charge in [0.15, 0.2) is 0 Å². The quantitative estimate of drug-likeness (QED) is 0.835. The number of carbonyl (C=O) groups is 2. The topological polar surface area (TPSA) is 85.7 Å². The molecule has 8 nitrogen and oxygen atoms in total. The first kappa shape index (κ1) is 20.4. The van der Waals surface area contributed by atoms with E-state index < -0.39 is 5.60 Å². The molecule has 0 atom stereocenters. The summed E-state index contributed by atoms with van der Waals surface area (Å²) in [4.78, 5) is 27.8. The van der Waals surface area contributed by atoms with Gasteiger partial charge in [0, 0.05) is 24.9 Å². The molecule has 1 N–H and O–H groups in total. The van der Waals surface area contributed by atoms with Crippen LogP contribution in [0, 0.1) is 6.92 Å². The number of nitrogens with one attached hydrogen (secondary N) is 1. The monoisotopic (exact) mass is 412 g/mol. The summed E-state index contributed by atoms with van der Waals surface area (Å²) < 4.78 is 13.7. The maximum Gasteiger partial charge on any atom is 0.258 e. The smallest absolute Gasteiger partial charge is 0.258 e.